The van der Waals surface area contributed by atoms with Crippen LogP contribution in [0.1, 0.15) is 25.1 Å². The lowest BCUT2D eigenvalue weighted by atomic mass is 10.1. The minimum atomic E-state index is 0.914. The smallest absolute Gasteiger partial charge is 0.116 e. The fourth-order valence-corrected chi connectivity index (χ4v) is 0.955. The number of hydrogen-bond acceptors (Lipinski definition) is 1. The Balaban J connectivity index is 3.09. The standard InChI is InChI=1S/C10H11N/c1-3-6-10-9(4-2)7-5-8-11-10/h5,7-8H,4H2,1-2H3. The Bertz CT molecular complexity index is 291. The van der Waals surface area contributed by atoms with Crippen LogP contribution in [0.15, 0.2) is 18.3 Å². The maximum atomic E-state index is 4.17. The van der Waals surface area contributed by atoms with E-state index in [0.717, 1.165) is 12.1 Å². The van der Waals surface area contributed by atoms with Crippen LogP contribution in [-0.4, -0.2) is 4.98 Å². The zero-order valence-electron chi connectivity index (χ0n) is 6.89. The highest BCUT2D eigenvalue weighted by Crippen LogP contribution is 2.03. The largest absolute Gasteiger partial charge is 0.248 e. The van der Waals surface area contributed by atoms with Gasteiger partial charge in [-0.15, -0.1) is 0 Å². The third kappa shape index (κ3) is 1.81. The molecule has 0 spiro atoms. The molecule has 0 saturated carbocycles. The highest BCUT2D eigenvalue weighted by Gasteiger charge is 1.94. The zero-order chi connectivity index (χ0) is 8.10. The molecule has 1 heteroatoms. The Kier molecular flexibility index (Phi) is 2.68. The predicted octanol–water partition coefficient (Wildman–Crippen LogP) is 2.02. The topological polar surface area (TPSA) is 12.9 Å². The quantitative estimate of drug-likeness (QED) is 0.551. The molecule has 1 heterocycles. The van der Waals surface area contributed by atoms with Crippen LogP contribution in [0.2, 0.25) is 0 Å². The predicted molar refractivity (Wildman–Crippen MR) is 46.2 cm³/mol. The Morgan fingerprint density at radius 1 is 1.55 bits per heavy atom. The molecule has 1 rings (SSSR count). The summed E-state index contributed by atoms with van der Waals surface area (Å²) in [5.41, 5.74) is 2.14. The lowest BCUT2D eigenvalue weighted by Gasteiger charge is -1.96. The van der Waals surface area contributed by atoms with Gasteiger partial charge in [0.05, 0.1) is 0 Å². The molecule has 0 unspecified atom stereocenters. The van der Waals surface area contributed by atoms with Crippen LogP contribution < -0.4 is 0 Å². The highest BCUT2D eigenvalue weighted by atomic mass is 14.7. The molecule has 1 aromatic rings. The fourth-order valence-electron chi connectivity index (χ4n) is 0.955. The molecule has 0 aliphatic carbocycles. The molecule has 56 valence electrons. The van der Waals surface area contributed by atoms with Crippen LogP contribution >= 0.6 is 0 Å². The summed E-state index contributed by atoms with van der Waals surface area (Å²) in [6, 6.07) is 4.01. The van der Waals surface area contributed by atoms with E-state index in [-0.39, 0.29) is 0 Å². The van der Waals surface area contributed by atoms with Crippen molar-refractivity contribution in [3.05, 3.63) is 29.6 Å². The van der Waals surface area contributed by atoms with E-state index in [1.165, 1.54) is 5.56 Å². The Morgan fingerprint density at radius 3 is 3.00 bits per heavy atom. The molecule has 0 bridgehead atoms. The van der Waals surface area contributed by atoms with Crippen LogP contribution in [0.3, 0.4) is 0 Å². The molecule has 0 atom stereocenters. The average Bonchev–Trinajstić information content (AvgIpc) is 2.06. The van der Waals surface area contributed by atoms with E-state index < -0.39 is 0 Å². The summed E-state index contributed by atoms with van der Waals surface area (Å²) in [7, 11) is 0. The summed E-state index contributed by atoms with van der Waals surface area (Å²) >= 11 is 0. The summed E-state index contributed by atoms with van der Waals surface area (Å²) in [5, 5.41) is 0. The number of nitrogens with zero attached hydrogens (tertiary/aromatic N) is 1. The van der Waals surface area contributed by atoms with E-state index in [4.69, 9.17) is 0 Å². The van der Waals surface area contributed by atoms with Gasteiger partial charge in [0.15, 0.2) is 0 Å². The van der Waals surface area contributed by atoms with Crippen LogP contribution in [0, 0.1) is 11.8 Å². The second kappa shape index (κ2) is 3.78. The van der Waals surface area contributed by atoms with Gasteiger partial charge in [0.1, 0.15) is 5.69 Å². The van der Waals surface area contributed by atoms with Crippen molar-refractivity contribution in [1.82, 2.24) is 4.98 Å². The summed E-state index contributed by atoms with van der Waals surface area (Å²) in [4.78, 5) is 4.17. The number of aromatic nitrogens is 1. The molecular weight excluding hydrogens is 134 g/mol. The maximum absolute atomic E-state index is 4.17. The van der Waals surface area contributed by atoms with Gasteiger partial charge in [-0.2, -0.15) is 0 Å². The van der Waals surface area contributed by atoms with E-state index in [1.54, 1.807) is 6.20 Å². The minimum Gasteiger partial charge on any atom is -0.248 e. The number of pyridine rings is 1. The molecule has 0 amide bonds. The third-order valence-electron chi connectivity index (χ3n) is 1.52. The third-order valence-corrected chi connectivity index (χ3v) is 1.52. The van der Waals surface area contributed by atoms with Crippen molar-refractivity contribution in [2.24, 2.45) is 0 Å². The van der Waals surface area contributed by atoms with Gasteiger partial charge < -0.3 is 0 Å². The molecule has 0 radical (unpaired) electrons. The molecule has 0 aliphatic rings. The zero-order valence-corrected chi connectivity index (χ0v) is 6.89. The molecule has 0 aliphatic heterocycles. The van der Waals surface area contributed by atoms with Gasteiger partial charge >= 0.3 is 0 Å². The van der Waals surface area contributed by atoms with E-state index >= 15 is 0 Å². The lowest BCUT2D eigenvalue weighted by molar-refractivity contribution is 1.09. The molecule has 1 aromatic heterocycles. The van der Waals surface area contributed by atoms with Crippen LogP contribution in [0.5, 0.6) is 0 Å². The first kappa shape index (κ1) is 7.81. The van der Waals surface area contributed by atoms with Gasteiger partial charge in [-0.3, -0.25) is 0 Å². The maximum Gasteiger partial charge on any atom is 0.116 e. The highest BCUT2D eigenvalue weighted by molar-refractivity contribution is 5.34. The van der Waals surface area contributed by atoms with E-state index in [9.17, 15) is 0 Å². The Morgan fingerprint density at radius 2 is 2.36 bits per heavy atom. The molecule has 11 heavy (non-hydrogen) atoms. The fraction of sp³-hybridized carbons (Fsp3) is 0.300. The molecule has 0 fully saturated rings. The molecule has 1 nitrogen and oxygen atoms in total. The van der Waals surface area contributed by atoms with Crippen molar-refractivity contribution in [3.63, 3.8) is 0 Å². The first-order valence-electron chi connectivity index (χ1n) is 3.75. The van der Waals surface area contributed by atoms with Crippen molar-refractivity contribution in [2.45, 2.75) is 20.3 Å². The van der Waals surface area contributed by atoms with Gasteiger partial charge in [0, 0.05) is 6.20 Å². The van der Waals surface area contributed by atoms with Gasteiger partial charge in [-0.25, -0.2) is 4.98 Å². The average molecular weight is 145 g/mol. The van der Waals surface area contributed by atoms with Crippen molar-refractivity contribution in [1.29, 1.82) is 0 Å². The summed E-state index contributed by atoms with van der Waals surface area (Å²) in [6.07, 6.45) is 2.77. The first-order chi connectivity index (χ1) is 5.38. The van der Waals surface area contributed by atoms with Crippen molar-refractivity contribution < 1.29 is 0 Å². The van der Waals surface area contributed by atoms with Crippen molar-refractivity contribution in [2.75, 3.05) is 0 Å². The lowest BCUT2D eigenvalue weighted by Crippen LogP contribution is -1.89. The number of aryl methyl sites for hydroxylation is 1. The summed E-state index contributed by atoms with van der Waals surface area (Å²) in [6.45, 7) is 3.94. The van der Waals surface area contributed by atoms with Crippen molar-refractivity contribution >= 4 is 0 Å². The molecule has 0 saturated heterocycles. The van der Waals surface area contributed by atoms with E-state index in [2.05, 4.69) is 29.8 Å². The normalized spacial score (nSPS) is 8.55. The summed E-state index contributed by atoms with van der Waals surface area (Å²) in [5.74, 6) is 5.81. The van der Waals surface area contributed by atoms with E-state index in [1.807, 2.05) is 13.0 Å². The van der Waals surface area contributed by atoms with Gasteiger partial charge in [-0.1, -0.05) is 18.9 Å². The Labute approximate surface area is 67.5 Å². The molecule has 0 aromatic carbocycles. The van der Waals surface area contributed by atoms with Gasteiger partial charge in [0.2, 0.25) is 0 Å². The summed E-state index contributed by atoms with van der Waals surface area (Å²) < 4.78 is 0. The van der Waals surface area contributed by atoms with Crippen LogP contribution in [0.25, 0.3) is 0 Å². The Hall–Kier alpha value is -1.29. The second-order valence-corrected chi connectivity index (χ2v) is 2.24. The minimum absolute atomic E-state index is 0.914. The molecule has 0 N–H and O–H groups in total. The first-order valence-corrected chi connectivity index (χ1v) is 3.75. The van der Waals surface area contributed by atoms with Gasteiger partial charge in [0.25, 0.3) is 0 Å². The second-order valence-electron chi connectivity index (χ2n) is 2.24. The van der Waals surface area contributed by atoms with Crippen molar-refractivity contribution in [3.8, 4) is 11.8 Å². The molecular formula is C10H11N. The van der Waals surface area contributed by atoms with E-state index in [0.29, 0.717) is 0 Å². The SMILES string of the molecule is CC#Cc1ncccc1CC. The van der Waals surface area contributed by atoms with Crippen LogP contribution in [-0.2, 0) is 6.42 Å². The number of hydrogen-bond donors (Lipinski definition) is 0. The van der Waals surface area contributed by atoms with Crippen LogP contribution in [0.4, 0.5) is 0 Å². The van der Waals surface area contributed by atoms with Gasteiger partial charge in [-0.05, 0) is 30.9 Å². The monoisotopic (exact) mass is 145 g/mol. The number of rotatable bonds is 1.